The summed E-state index contributed by atoms with van der Waals surface area (Å²) in [6.07, 6.45) is 2.27. The molecular formula is C15H21N3O3. The van der Waals surface area contributed by atoms with Gasteiger partial charge in [-0.1, -0.05) is 0 Å². The zero-order chi connectivity index (χ0) is 14.7. The molecule has 2 aliphatic heterocycles. The highest BCUT2D eigenvalue weighted by Gasteiger charge is 2.21. The predicted octanol–water partition coefficient (Wildman–Crippen LogP) is 0.763. The van der Waals surface area contributed by atoms with Crippen LogP contribution >= 0.6 is 0 Å². The fourth-order valence-corrected chi connectivity index (χ4v) is 2.72. The molecule has 3 rings (SSSR count). The van der Waals surface area contributed by atoms with Gasteiger partial charge in [-0.25, -0.2) is 0 Å². The molecule has 6 heteroatoms. The van der Waals surface area contributed by atoms with Crippen LogP contribution in [0.25, 0.3) is 0 Å². The van der Waals surface area contributed by atoms with Gasteiger partial charge in [-0.3, -0.25) is 4.79 Å². The lowest BCUT2D eigenvalue weighted by Gasteiger charge is -2.31. The highest BCUT2D eigenvalue weighted by Crippen LogP contribution is 2.32. The minimum absolute atomic E-state index is 0.000717. The van der Waals surface area contributed by atoms with Crippen LogP contribution in [0.5, 0.6) is 5.75 Å². The molecule has 3 N–H and O–H groups in total. The molecular weight excluding hydrogens is 270 g/mol. The minimum Gasteiger partial charge on any atom is -0.490 e. The van der Waals surface area contributed by atoms with Gasteiger partial charge in [-0.15, -0.1) is 0 Å². The van der Waals surface area contributed by atoms with Gasteiger partial charge in [0, 0.05) is 18.8 Å². The van der Waals surface area contributed by atoms with Crippen molar-refractivity contribution in [3.63, 3.8) is 0 Å². The van der Waals surface area contributed by atoms with Gasteiger partial charge in [0.05, 0.1) is 24.9 Å². The third-order valence-electron chi connectivity index (χ3n) is 3.83. The Kier molecular flexibility index (Phi) is 4.15. The van der Waals surface area contributed by atoms with E-state index >= 15 is 0 Å². The average Bonchev–Trinajstić information content (AvgIpc) is 2.99. The van der Waals surface area contributed by atoms with Crippen molar-refractivity contribution in [1.29, 1.82) is 0 Å². The molecule has 1 unspecified atom stereocenters. The number of fused-ring (bicyclic) bond motifs is 1. The number of nitrogens with two attached hydrogens (primary N) is 1. The molecule has 0 saturated carbocycles. The highest BCUT2D eigenvalue weighted by molar-refractivity contribution is 5.82. The van der Waals surface area contributed by atoms with E-state index in [-0.39, 0.29) is 12.0 Å². The number of ether oxygens (including phenoxy) is 2. The van der Waals surface area contributed by atoms with Crippen molar-refractivity contribution in [1.82, 2.24) is 5.32 Å². The normalized spacial score (nSPS) is 20.8. The van der Waals surface area contributed by atoms with Crippen molar-refractivity contribution in [3.8, 4) is 5.75 Å². The molecule has 0 aliphatic carbocycles. The summed E-state index contributed by atoms with van der Waals surface area (Å²) in [5, 5.41) is 2.94. The maximum absolute atomic E-state index is 12.1. The van der Waals surface area contributed by atoms with Gasteiger partial charge in [-0.05, 0) is 31.0 Å². The maximum atomic E-state index is 12.1. The fraction of sp³-hybridized carbons (Fsp3) is 0.533. The van der Waals surface area contributed by atoms with Gasteiger partial charge in [-0.2, -0.15) is 0 Å². The fourth-order valence-electron chi connectivity index (χ4n) is 2.72. The zero-order valence-corrected chi connectivity index (χ0v) is 12.0. The van der Waals surface area contributed by atoms with Gasteiger partial charge in [0.15, 0.2) is 0 Å². The Bertz CT molecular complexity index is 515. The lowest BCUT2D eigenvalue weighted by Crippen LogP contribution is -2.43. The van der Waals surface area contributed by atoms with E-state index in [1.54, 1.807) is 6.07 Å². The number of rotatable bonds is 4. The Morgan fingerprint density at radius 1 is 1.43 bits per heavy atom. The molecule has 2 heterocycles. The zero-order valence-electron chi connectivity index (χ0n) is 12.0. The molecule has 0 aromatic heterocycles. The molecule has 1 aromatic carbocycles. The van der Waals surface area contributed by atoms with Crippen molar-refractivity contribution in [2.24, 2.45) is 0 Å². The molecule has 1 aromatic rings. The topological polar surface area (TPSA) is 76.8 Å². The van der Waals surface area contributed by atoms with Crippen molar-refractivity contribution in [2.45, 2.75) is 18.9 Å². The first-order valence-electron chi connectivity index (χ1n) is 7.38. The van der Waals surface area contributed by atoms with Gasteiger partial charge in [0.25, 0.3) is 0 Å². The van der Waals surface area contributed by atoms with Crippen LogP contribution in [0, 0.1) is 0 Å². The van der Waals surface area contributed by atoms with Crippen LogP contribution in [0.2, 0.25) is 0 Å². The van der Waals surface area contributed by atoms with Crippen molar-refractivity contribution < 1.29 is 14.3 Å². The summed E-state index contributed by atoms with van der Waals surface area (Å²) in [6, 6.07) is 5.50. The van der Waals surface area contributed by atoms with E-state index in [0.29, 0.717) is 31.9 Å². The third kappa shape index (κ3) is 3.39. The van der Waals surface area contributed by atoms with Crippen molar-refractivity contribution in [2.75, 3.05) is 43.5 Å². The van der Waals surface area contributed by atoms with E-state index in [1.165, 1.54) is 0 Å². The molecule has 21 heavy (non-hydrogen) atoms. The number of nitrogens with one attached hydrogen (secondary N) is 1. The van der Waals surface area contributed by atoms with Crippen LogP contribution in [-0.4, -0.2) is 44.9 Å². The Labute approximate surface area is 124 Å². The first kappa shape index (κ1) is 14.0. The third-order valence-corrected chi connectivity index (χ3v) is 3.83. The first-order chi connectivity index (χ1) is 10.2. The van der Waals surface area contributed by atoms with Gasteiger partial charge in [0.1, 0.15) is 12.4 Å². The smallest absolute Gasteiger partial charge is 0.239 e. The summed E-state index contributed by atoms with van der Waals surface area (Å²) < 4.78 is 11.1. The monoisotopic (exact) mass is 291 g/mol. The quantitative estimate of drug-likeness (QED) is 0.801. The van der Waals surface area contributed by atoms with Gasteiger partial charge < -0.3 is 25.4 Å². The first-order valence-corrected chi connectivity index (χ1v) is 7.38. The van der Waals surface area contributed by atoms with E-state index in [2.05, 4.69) is 5.32 Å². The van der Waals surface area contributed by atoms with Crippen LogP contribution in [-0.2, 0) is 9.53 Å². The number of carbonyl (C=O) groups is 1. The SMILES string of the molecule is Nc1ccc2c(c1)N(CC(=O)NCC1CCCO1)CCO2. The second-order valence-electron chi connectivity index (χ2n) is 5.44. The molecule has 0 spiro atoms. The Balaban J connectivity index is 1.57. The molecule has 6 nitrogen and oxygen atoms in total. The minimum atomic E-state index is 0.000717. The van der Waals surface area contributed by atoms with Gasteiger partial charge in [0.2, 0.25) is 5.91 Å². The number of amides is 1. The molecule has 1 amide bonds. The average molecular weight is 291 g/mol. The van der Waals surface area contributed by atoms with Crippen LogP contribution in [0.15, 0.2) is 18.2 Å². The second-order valence-corrected chi connectivity index (χ2v) is 5.44. The van der Waals surface area contributed by atoms with E-state index in [1.807, 2.05) is 17.0 Å². The number of benzene rings is 1. The number of carbonyl (C=O) groups excluding carboxylic acids is 1. The number of anilines is 2. The predicted molar refractivity (Wildman–Crippen MR) is 80.5 cm³/mol. The van der Waals surface area contributed by atoms with E-state index < -0.39 is 0 Å². The Hall–Kier alpha value is -1.95. The highest BCUT2D eigenvalue weighted by atomic mass is 16.5. The number of hydrogen-bond acceptors (Lipinski definition) is 5. The molecule has 1 saturated heterocycles. The lowest BCUT2D eigenvalue weighted by molar-refractivity contribution is -0.120. The Morgan fingerprint density at radius 3 is 3.14 bits per heavy atom. The largest absolute Gasteiger partial charge is 0.490 e. The summed E-state index contributed by atoms with van der Waals surface area (Å²) in [7, 11) is 0. The standard InChI is InChI=1S/C15H21N3O3/c16-11-3-4-14-13(8-11)18(5-7-21-14)10-15(19)17-9-12-2-1-6-20-12/h3-4,8,12H,1-2,5-7,9-10,16H2,(H,17,19). The van der Waals surface area contributed by atoms with Crippen molar-refractivity contribution in [3.05, 3.63) is 18.2 Å². The molecule has 1 fully saturated rings. The Morgan fingerprint density at radius 2 is 2.33 bits per heavy atom. The van der Waals surface area contributed by atoms with Crippen LogP contribution in [0.1, 0.15) is 12.8 Å². The van der Waals surface area contributed by atoms with E-state index in [0.717, 1.165) is 30.9 Å². The molecule has 2 aliphatic rings. The second kappa shape index (κ2) is 6.22. The van der Waals surface area contributed by atoms with Crippen LogP contribution in [0.4, 0.5) is 11.4 Å². The number of hydrogen-bond donors (Lipinski definition) is 2. The maximum Gasteiger partial charge on any atom is 0.239 e. The summed E-state index contributed by atoms with van der Waals surface area (Å²) in [5.41, 5.74) is 7.37. The van der Waals surface area contributed by atoms with E-state index in [9.17, 15) is 4.79 Å². The lowest BCUT2D eigenvalue weighted by atomic mass is 10.2. The van der Waals surface area contributed by atoms with Gasteiger partial charge >= 0.3 is 0 Å². The summed E-state index contributed by atoms with van der Waals surface area (Å²) in [6.45, 7) is 2.97. The van der Waals surface area contributed by atoms with Crippen LogP contribution in [0.3, 0.4) is 0 Å². The number of nitrogen functional groups attached to an aromatic ring is 1. The van der Waals surface area contributed by atoms with Crippen LogP contribution < -0.4 is 20.7 Å². The molecule has 0 bridgehead atoms. The molecule has 0 radical (unpaired) electrons. The molecule has 1 atom stereocenters. The summed E-state index contributed by atoms with van der Waals surface area (Å²) in [4.78, 5) is 14.1. The molecule has 114 valence electrons. The number of nitrogens with zero attached hydrogens (tertiary/aromatic N) is 1. The summed E-state index contributed by atoms with van der Waals surface area (Å²) in [5.74, 6) is 0.781. The summed E-state index contributed by atoms with van der Waals surface area (Å²) >= 11 is 0. The van der Waals surface area contributed by atoms with Crippen molar-refractivity contribution >= 4 is 17.3 Å². The van der Waals surface area contributed by atoms with E-state index in [4.69, 9.17) is 15.2 Å².